The van der Waals surface area contributed by atoms with Crippen LogP contribution in [0, 0.1) is 0 Å². The van der Waals surface area contributed by atoms with Crippen molar-refractivity contribution in [2.75, 3.05) is 17.2 Å². The summed E-state index contributed by atoms with van der Waals surface area (Å²) in [6.07, 6.45) is 0.870. The Balaban J connectivity index is 1.95. The first kappa shape index (κ1) is 9.89. The zero-order chi connectivity index (χ0) is 11.8. The van der Waals surface area contributed by atoms with Gasteiger partial charge in [0.05, 0.1) is 0 Å². The zero-order valence-electron chi connectivity index (χ0n) is 9.09. The van der Waals surface area contributed by atoms with E-state index in [-0.39, 0.29) is 17.5 Å². The van der Waals surface area contributed by atoms with Gasteiger partial charge in [0.2, 0.25) is 5.88 Å². The van der Waals surface area contributed by atoms with Crippen LogP contribution in [0.15, 0.2) is 34.9 Å². The fraction of sp³-hybridized carbons (Fsp3) is 0.167. The van der Waals surface area contributed by atoms with Crippen LogP contribution in [0.1, 0.15) is 16.1 Å². The molecule has 0 unspecified atom stereocenters. The average molecular weight is 229 g/mol. The number of amides is 1. The number of carbonyl (C=O) groups excluding carboxylic acids is 1. The Kier molecular flexibility index (Phi) is 2.11. The molecule has 1 aliphatic heterocycles. The van der Waals surface area contributed by atoms with Crippen LogP contribution >= 0.6 is 0 Å². The maximum atomic E-state index is 12.2. The van der Waals surface area contributed by atoms with Crippen molar-refractivity contribution in [1.82, 2.24) is 5.16 Å². The van der Waals surface area contributed by atoms with Gasteiger partial charge in [-0.1, -0.05) is 23.4 Å². The second-order valence-corrected chi connectivity index (χ2v) is 3.95. The third-order valence-corrected chi connectivity index (χ3v) is 2.88. The molecule has 1 aromatic heterocycles. The summed E-state index contributed by atoms with van der Waals surface area (Å²) in [4.78, 5) is 13.9. The summed E-state index contributed by atoms with van der Waals surface area (Å²) in [7, 11) is 0. The van der Waals surface area contributed by atoms with Crippen LogP contribution in [0.5, 0.6) is 0 Å². The van der Waals surface area contributed by atoms with E-state index in [9.17, 15) is 4.79 Å². The molecule has 0 aliphatic carbocycles. The first-order valence-electron chi connectivity index (χ1n) is 5.37. The van der Waals surface area contributed by atoms with E-state index in [1.807, 2.05) is 24.3 Å². The Morgan fingerprint density at radius 2 is 2.24 bits per heavy atom. The minimum atomic E-state index is -0.171. The molecule has 86 valence electrons. The molecule has 1 aliphatic rings. The van der Waals surface area contributed by atoms with Gasteiger partial charge in [0.1, 0.15) is 0 Å². The SMILES string of the molecule is Nc1cc(C(=O)N2CCc3ccccc32)no1. The summed E-state index contributed by atoms with van der Waals surface area (Å²) in [5, 5.41) is 3.64. The molecule has 17 heavy (non-hydrogen) atoms. The molecule has 2 N–H and O–H groups in total. The van der Waals surface area contributed by atoms with Crippen LogP contribution in [0.4, 0.5) is 11.6 Å². The number of carbonyl (C=O) groups is 1. The lowest BCUT2D eigenvalue weighted by molar-refractivity contribution is 0.0981. The van der Waals surface area contributed by atoms with Crippen molar-refractivity contribution < 1.29 is 9.32 Å². The highest BCUT2D eigenvalue weighted by molar-refractivity contribution is 6.06. The lowest BCUT2D eigenvalue weighted by atomic mass is 10.2. The number of aromatic nitrogens is 1. The summed E-state index contributed by atoms with van der Waals surface area (Å²) >= 11 is 0. The molecule has 5 nitrogen and oxygen atoms in total. The summed E-state index contributed by atoms with van der Waals surface area (Å²) < 4.78 is 4.71. The molecule has 2 aromatic rings. The Morgan fingerprint density at radius 1 is 1.41 bits per heavy atom. The van der Waals surface area contributed by atoms with Crippen molar-refractivity contribution in [3.63, 3.8) is 0 Å². The van der Waals surface area contributed by atoms with Crippen LogP contribution < -0.4 is 10.6 Å². The molecule has 3 rings (SSSR count). The van der Waals surface area contributed by atoms with Gasteiger partial charge in [-0.05, 0) is 18.1 Å². The predicted octanol–water partition coefficient (Wildman–Crippen LogP) is 1.46. The molecular formula is C12H11N3O2. The Bertz CT molecular complexity index is 577. The number of nitrogens with two attached hydrogens (primary N) is 1. The number of para-hydroxylation sites is 1. The van der Waals surface area contributed by atoms with Crippen LogP contribution in [0.25, 0.3) is 0 Å². The number of hydrogen-bond acceptors (Lipinski definition) is 4. The van der Waals surface area contributed by atoms with Crippen LogP contribution in [0.2, 0.25) is 0 Å². The van der Waals surface area contributed by atoms with Crippen LogP contribution in [-0.2, 0) is 6.42 Å². The third kappa shape index (κ3) is 1.56. The van der Waals surface area contributed by atoms with Gasteiger partial charge < -0.3 is 15.2 Å². The van der Waals surface area contributed by atoms with Crippen LogP contribution in [0.3, 0.4) is 0 Å². The molecule has 0 saturated carbocycles. The van der Waals surface area contributed by atoms with Gasteiger partial charge in [0, 0.05) is 18.3 Å². The number of anilines is 2. The standard InChI is InChI=1S/C12H11N3O2/c13-11-7-9(14-17-11)12(16)15-6-5-8-3-1-2-4-10(8)15/h1-4,7H,5-6,13H2. The highest BCUT2D eigenvalue weighted by Crippen LogP contribution is 2.28. The highest BCUT2D eigenvalue weighted by atomic mass is 16.5. The molecule has 0 fully saturated rings. The quantitative estimate of drug-likeness (QED) is 0.803. The predicted molar refractivity (Wildman–Crippen MR) is 62.7 cm³/mol. The summed E-state index contributed by atoms with van der Waals surface area (Å²) in [6, 6.07) is 9.30. The van der Waals surface area contributed by atoms with Crippen molar-refractivity contribution in [1.29, 1.82) is 0 Å². The van der Waals surface area contributed by atoms with Gasteiger partial charge >= 0.3 is 0 Å². The number of hydrogen-bond donors (Lipinski definition) is 1. The van der Waals surface area contributed by atoms with E-state index in [0.717, 1.165) is 12.1 Å². The van der Waals surface area contributed by atoms with Gasteiger partial charge in [-0.25, -0.2) is 0 Å². The second kappa shape index (κ2) is 3.62. The van der Waals surface area contributed by atoms with Gasteiger partial charge in [0.25, 0.3) is 5.91 Å². The molecule has 0 bridgehead atoms. The van der Waals surface area contributed by atoms with Crippen LogP contribution in [-0.4, -0.2) is 17.6 Å². The fourth-order valence-electron chi connectivity index (χ4n) is 2.08. The average Bonchev–Trinajstić information content (AvgIpc) is 2.94. The summed E-state index contributed by atoms with van der Waals surface area (Å²) in [5.74, 6) is -0.0174. The van der Waals surface area contributed by atoms with Crippen molar-refractivity contribution >= 4 is 17.5 Å². The number of fused-ring (bicyclic) bond motifs is 1. The van der Waals surface area contributed by atoms with E-state index >= 15 is 0 Å². The number of rotatable bonds is 1. The first-order valence-corrected chi connectivity index (χ1v) is 5.37. The van der Waals surface area contributed by atoms with Crippen molar-refractivity contribution in [2.24, 2.45) is 0 Å². The molecule has 0 radical (unpaired) electrons. The van der Waals surface area contributed by atoms with Crippen molar-refractivity contribution in [3.05, 3.63) is 41.6 Å². The minimum absolute atomic E-state index is 0.154. The monoisotopic (exact) mass is 229 g/mol. The number of nitrogens with zero attached hydrogens (tertiary/aromatic N) is 2. The Labute approximate surface area is 97.8 Å². The maximum Gasteiger partial charge on any atom is 0.280 e. The van der Waals surface area contributed by atoms with E-state index in [1.165, 1.54) is 11.6 Å². The lowest BCUT2D eigenvalue weighted by Crippen LogP contribution is -2.29. The van der Waals surface area contributed by atoms with Gasteiger partial charge in [0.15, 0.2) is 5.69 Å². The molecule has 1 aromatic carbocycles. The number of nitrogen functional groups attached to an aromatic ring is 1. The van der Waals surface area contributed by atoms with Gasteiger partial charge in [-0.15, -0.1) is 0 Å². The molecule has 1 amide bonds. The Morgan fingerprint density at radius 3 is 3.00 bits per heavy atom. The summed E-state index contributed by atoms with van der Waals surface area (Å²) in [6.45, 7) is 0.672. The minimum Gasteiger partial charge on any atom is -0.368 e. The normalized spacial score (nSPS) is 13.8. The van der Waals surface area contributed by atoms with E-state index in [4.69, 9.17) is 10.3 Å². The van der Waals surface area contributed by atoms with Crippen molar-refractivity contribution in [3.8, 4) is 0 Å². The first-order chi connectivity index (χ1) is 8.25. The van der Waals surface area contributed by atoms with E-state index in [0.29, 0.717) is 6.54 Å². The molecular weight excluding hydrogens is 218 g/mol. The summed E-state index contributed by atoms with van der Waals surface area (Å²) in [5.41, 5.74) is 7.78. The van der Waals surface area contributed by atoms with Gasteiger partial charge in [-0.3, -0.25) is 4.79 Å². The van der Waals surface area contributed by atoms with Gasteiger partial charge in [-0.2, -0.15) is 0 Å². The Hall–Kier alpha value is -2.30. The van der Waals surface area contributed by atoms with E-state index in [1.54, 1.807) is 4.90 Å². The van der Waals surface area contributed by atoms with E-state index < -0.39 is 0 Å². The zero-order valence-corrected chi connectivity index (χ0v) is 9.09. The van der Waals surface area contributed by atoms with E-state index in [2.05, 4.69) is 5.16 Å². The largest absolute Gasteiger partial charge is 0.368 e. The van der Waals surface area contributed by atoms with Crippen molar-refractivity contribution in [2.45, 2.75) is 6.42 Å². The molecule has 5 heteroatoms. The molecule has 2 heterocycles. The molecule has 0 saturated heterocycles. The third-order valence-electron chi connectivity index (χ3n) is 2.88. The molecule has 0 spiro atoms. The number of benzene rings is 1. The smallest absolute Gasteiger partial charge is 0.280 e. The molecule has 0 atom stereocenters. The fourth-order valence-corrected chi connectivity index (χ4v) is 2.08. The lowest BCUT2D eigenvalue weighted by Gasteiger charge is -2.15. The second-order valence-electron chi connectivity index (χ2n) is 3.95. The maximum absolute atomic E-state index is 12.2. The topological polar surface area (TPSA) is 72.4 Å². The highest BCUT2D eigenvalue weighted by Gasteiger charge is 2.26.